The van der Waals surface area contributed by atoms with Crippen LogP contribution < -0.4 is 10.5 Å². The number of rotatable bonds is 5. The first-order valence-electron chi connectivity index (χ1n) is 6.60. The second-order valence-electron chi connectivity index (χ2n) is 4.93. The SMILES string of the molecule is Cc1cc(-c2cnn(CCN)c2)ccc1OC(C)C. The first kappa shape index (κ1) is 13.6. The Bertz CT molecular complexity index is 546. The fraction of sp³-hybridized carbons (Fsp3) is 0.400. The molecule has 1 heterocycles. The number of ether oxygens (including phenoxy) is 1. The fourth-order valence-corrected chi connectivity index (χ4v) is 1.98. The molecule has 0 bridgehead atoms. The van der Waals surface area contributed by atoms with Crippen molar-refractivity contribution in [3.63, 3.8) is 0 Å². The summed E-state index contributed by atoms with van der Waals surface area (Å²) in [4.78, 5) is 0. The van der Waals surface area contributed by atoms with Crippen LogP contribution in [0.25, 0.3) is 11.1 Å². The van der Waals surface area contributed by atoms with E-state index in [1.54, 1.807) is 0 Å². The molecule has 0 fully saturated rings. The molecular formula is C15H21N3O. The van der Waals surface area contributed by atoms with Gasteiger partial charge in [0.05, 0.1) is 18.8 Å². The molecule has 0 unspecified atom stereocenters. The standard InChI is InChI=1S/C15H21N3O/c1-11(2)19-15-5-4-13(8-12(15)3)14-9-17-18(10-14)7-6-16/h4-5,8-11H,6-7,16H2,1-3H3. The van der Waals surface area contributed by atoms with Crippen LogP contribution in [0, 0.1) is 6.92 Å². The smallest absolute Gasteiger partial charge is 0.122 e. The Balaban J connectivity index is 2.22. The fourth-order valence-electron chi connectivity index (χ4n) is 1.98. The Morgan fingerprint density at radius 1 is 1.32 bits per heavy atom. The van der Waals surface area contributed by atoms with Crippen molar-refractivity contribution in [2.45, 2.75) is 33.4 Å². The van der Waals surface area contributed by atoms with Gasteiger partial charge >= 0.3 is 0 Å². The summed E-state index contributed by atoms with van der Waals surface area (Å²) in [5.41, 5.74) is 8.91. The van der Waals surface area contributed by atoms with Crippen molar-refractivity contribution in [3.05, 3.63) is 36.2 Å². The van der Waals surface area contributed by atoms with E-state index in [0.29, 0.717) is 6.54 Å². The summed E-state index contributed by atoms with van der Waals surface area (Å²) in [7, 11) is 0. The lowest BCUT2D eigenvalue weighted by molar-refractivity contribution is 0.241. The van der Waals surface area contributed by atoms with Gasteiger partial charge in [0.25, 0.3) is 0 Å². The van der Waals surface area contributed by atoms with Crippen molar-refractivity contribution in [2.75, 3.05) is 6.54 Å². The normalized spacial score (nSPS) is 11.0. The molecule has 0 spiro atoms. The zero-order chi connectivity index (χ0) is 13.8. The minimum atomic E-state index is 0.192. The Kier molecular flexibility index (Phi) is 4.22. The van der Waals surface area contributed by atoms with Gasteiger partial charge in [0.1, 0.15) is 5.75 Å². The molecule has 0 aliphatic carbocycles. The van der Waals surface area contributed by atoms with Gasteiger partial charge in [-0.25, -0.2) is 0 Å². The third-order valence-electron chi connectivity index (χ3n) is 2.86. The summed E-state index contributed by atoms with van der Waals surface area (Å²) >= 11 is 0. The molecule has 2 rings (SSSR count). The van der Waals surface area contributed by atoms with Gasteiger partial charge in [0.15, 0.2) is 0 Å². The minimum absolute atomic E-state index is 0.192. The molecule has 0 aliphatic rings. The molecular weight excluding hydrogens is 238 g/mol. The maximum absolute atomic E-state index is 5.74. The van der Waals surface area contributed by atoms with Crippen molar-refractivity contribution in [1.82, 2.24) is 9.78 Å². The lowest BCUT2D eigenvalue weighted by Gasteiger charge is -2.13. The summed E-state index contributed by atoms with van der Waals surface area (Å²) in [5.74, 6) is 0.938. The van der Waals surface area contributed by atoms with Crippen LogP contribution in [0.5, 0.6) is 5.75 Å². The van der Waals surface area contributed by atoms with Crippen LogP contribution in [0.3, 0.4) is 0 Å². The average molecular weight is 259 g/mol. The molecule has 0 saturated carbocycles. The third-order valence-corrected chi connectivity index (χ3v) is 2.86. The highest BCUT2D eigenvalue weighted by Gasteiger charge is 2.06. The van der Waals surface area contributed by atoms with Gasteiger partial charge in [-0.3, -0.25) is 4.68 Å². The van der Waals surface area contributed by atoms with Gasteiger partial charge < -0.3 is 10.5 Å². The predicted molar refractivity (Wildman–Crippen MR) is 77.2 cm³/mol. The van der Waals surface area contributed by atoms with Gasteiger partial charge in [0.2, 0.25) is 0 Å². The molecule has 1 aromatic carbocycles. The molecule has 4 nitrogen and oxygen atoms in total. The highest BCUT2D eigenvalue weighted by molar-refractivity contribution is 5.64. The Morgan fingerprint density at radius 2 is 2.11 bits per heavy atom. The van der Waals surface area contributed by atoms with E-state index in [4.69, 9.17) is 10.5 Å². The molecule has 4 heteroatoms. The molecule has 0 atom stereocenters. The third kappa shape index (κ3) is 3.35. The molecule has 0 aliphatic heterocycles. The second-order valence-corrected chi connectivity index (χ2v) is 4.93. The summed E-state index contributed by atoms with van der Waals surface area (Å²) in [6, 6.07) is 6.21. The quantitative estimate of drug-likeness (QED) is 0.898. The first-order chi connectivity index (χ1) is 9.10. The van der Waals surface area contributed by atoms with Crippen molar-refractivity contribution in [2.24, 2.45) is 5.73 Å². The van der Waals surface area contributed by atoms with Crippen molar-refractivity contribution in [3.8, 4) is 16.9 Å². The van der Waals surface area contributed by atoms with E-state index in [9.17, 15) is 0 Å². The van der Waals surface area contributed by atoms with Crippen LogP contribution in [-0.2, 0) is 6.54 Å². The highest BCUT2D eigenvalue weighted by atomic mass is 16.5. The van der Waals surface area contributed by atoms with Crippen LogP contribution in [0.2, 0.25) is 0 Å². The monoisotopic (exact) mass is 259 g/mol. The molecule has 2 N–H and O–H groups in total. The van der Waals surface area contributed by atoms with E-state index >= 15 is 0 Å². The Labute approximate surface area is 114 Å². The van der Waals surface area contributed by atoms with E-state index < -0.39 is 0 Å². The number of aryl methyl sites for hydroxylation is 1. The number of nitrogens with two attached hydrogens (primary N) is 1. The first-order valence-corrected chi connectivity index (χ1v) is 6.60. The van der Waals surface area contributed by atoms with Crippen LogP contribution in [-0.4, -0.2) is 22.4 Å². The van der Waals surface area contributed by atoms with Gasteiger partial charge in [-0.1, -0.05) is 6.07 Å². The minimum Gasteiger partial charge on any atom is -0.491 e. The van der Waals surface area contributed by atoms with E-state index in [-0.39, 0.29) is 6.10 Å². The van der Waals surface area contributed by atoms with Crippen molar-refractivity contribution < 1.29 is 4.74 Å². The zero-order valence-corrected chi connectivity index (χ0v) is 11.8. The molecule has 102 valence electrons. The van der Waals surface area contributed by atoms with E-state index in [0.717, 1.165) is 29.0 Å². The summed E-state index contributed by atoms with van der Waals surface area (Å²) < 4.78 is 7.61. The molecule has 19 heavy (non-hydrogen) atoms. The summed E-state index contributed by atoms with van der Waals surface area (Å²) in [6.45, 7) is 7.47. The summed E-state index contributed by atoms with van der Waals surface area (Å²) in [6.07, 6.45) is 4.08. The van der Waals surface area contributed by atoms with Gasteiger partial charge in [0, 0.05) is 18.3 Å². The van der Waals surface area contributed by atoms with Crippen LogP contribution in [0.1, 0.15) is 19.4 Å². The Hall–Kier alpha value is -1.81. The Morgan fingerprint density at radius 3 is 2.74 bits per heavy atom. The van der Waals surface area contributed by atoms with Crippen molar-refractivity contribution >= 4 is 0 Å². The highest BCUT2D eigenvalue weighted by Crippen LogP contribution is 2.26. The molecule has 0 radical (unpaired) electrons. The topological polar surface area (TPSA) is 53.1 Å². The van der Waals surface area contributed by atoms with Gasteiger partial charge in [-0.05, 0) is 44.0 Å². The zero-order valence-electron chi connectivity index (χ0n) is 11.8. The van der Waals surface area contributed by atoms with Crippen LogP contribution in [0.4, 0.5) is 0 Å². The molecule has 1 aromatic heterocycles. The number of nitrogens with zero attached hydrogens (tertiary/aromatic N) is 2. The lowest BCUT2D eigenvalue weighted by atomic mass is 10.1. The lowest BCUT2D eigenvalue weighted by Crippen LogP contribution is -2.09. The van der Waals surface area contributed by atoms with Gasteiger partial charge in [-0.15, -0.1) is 0 Å². The predicted octanol–water partition coefficient (Wildman–Crippen LogP) is 2.60. The number of hydrogen-bond donors (Lipinski definition) is 1. The van der Waals surface area contributed by atoms with E-state index in [1.165, 1.54) is 0 Å². The number of hydrogen-bond acceptors (Lipinski definition) is 3. The van der Waals surface area contributed by atoms with Crippen LogP contribution in [0.15, 0.2) is 30.6 Å². The van der Waals surface area contributed by atoms with E-state index in [2.05, 4.69) is 24.2 Å². The molecule has 0 saturated heterocycles. The average Bonchev–Trinajstić information content (AvgIpc) is 2.80. The van der Waals surface area contributed by atoms with E-state index in [1.807, 2.05) is 37.0 Å². The number of benzene rings is 1. The van der Waals surface area contributed by atoms with Crippen LogP contribution >= 0.6 is 0 Å². The molecule has 2 aromatic rings. The van der Waals surface area contributed by atoms with Gasteiger partial charge in [-0.2, -0.15) is 5.10 Å². The maximum Gasteiger partial charge on any atom is 0.122 e. The second kappa shape index (κ2) is 5.89. The summed E-state index contributed by atoms with van der Waals surface area (Å²) in [5, 5.41) is 4.29. The van der Waals surface area contributed by atoms with Crippen molar-refractivity contribution in [1.29, 1.82) is 0 Å². The number of aromatic nitrogens is 2. The molecule has 0 amide bonds. The maximum atomic E-state index is 5.74. The largest absolute Gasteiger partial charge is 0.491 e.